The number of hydrogen-bond donors (Lipinski definition) is 1. The highest BCUT2D eigenvalue weighted by Crippen LogP contribution is 2.27. The molecule has 2 aromatic carbocycles. The topological polar surface area (TPSA) is 35.2 Å². The van der Waals surface area contributed by atoms with Crippen molar-refractivity contribution in [2.45, 2.75) is 12.5 Å². The second-order valence-electron chi connectivity index (χ2n) is 4.43. The van der Waals surface area contributed by atoms with Gasteiger partial charge in [0.25, 0.3) is 0 Å². The molecule has 0 aliphatic carbocycles. The number of benzene rings is 2. The zero-order chi connectivity index (χ0) is 14.7. The molecule has 1 atom stereocenters. The Morgan fingerprint density at radius 1 is 1.20 bits per heavy atom. The van der Waals surface area contributed by atoms with Crippen molar-refractivity contribution < 1.29 is 9.13 Å². The molecule has 0 saturated carbocycles. The SMILES string of the molecule is COc1ccc(C(N)Cc2ccc(Cl)cc2Cl)c(F)c1. The first-order valence-electron chi connectivity index (χ1n) is 6.04. The summed E-state index contributed by atoms with van der Waals surface area (Å²) in [6, 6.07) is 9.32. The van der Waals surface area contributed by atoms with Crippen LogP contribution in [0.3, 0.4) is 0 Å². The average Bonchev–Trinajstić information content (AvgIpc) is 2.41. The molecular formula is C15H14Cl2FNO. The molecule has 0 spiro atoms. The van der Waals surface area contributed by atoms with Gasteiger partial charge in [0, 0.05) is 27.7 Å². The van der Waals surface area contributed by atoms with Crippen LogP contribution in [0.25, 0.3) is 0 Å². The minimum atomic E-state index is -0.486. The quantitative estimate of drug-likeness (QED) is 0.909. The minimum absolute atomic E-state index is 0.387. The summed E-state index contributed by atoms with van der Waals surface area (Å²) in [5.41, 5.74) is 7.31. The van der Waals surface area contributed by atoms with E-state index in [1.165, 1.54) is 13.2 Å². The highest BCUT2D eigenvalue weighted by molar-refractivity contribution is 6.35. The monoisotopic (exact) mass is 313 g/mol. The van der Waals surface area contributed by atoms with Gasteiger partial charge in [0.2, 0.25) is 0 Å². The Kier molecular flexibility index (Phi) is 4.86. The molecule has 0 aromatic heterocycles. The number of ether oxygens (including phenoxy) is 1. The fraction of sp³-hybridized carbons (Fsp3) is 0.200. The van der Waals surface area contributed by atoms with Gasteiger partial charge in [-0.2, -0.15) is 0 Å². The summed E-state index contributed by atoms with van der Waals surface area (Å²) in [6.07, 6.45) is 0.430. The molecule has 0 radical (unpaired) electrons. The van der Waals surface area contributed by atoms with Gasteiger partial charge in [-0.05, 0) is 30.2 Å². The van der Waals surface area contributed by atoms with Gasteiger partial charge in [-0.15, -0.1) is 0 Å². The lowest BCUT2D eigenvalue weighted by Gasteiger charge is -2.15. The first-order chi connectivity index (χ1) is 9.51. The van der Waals surface area contributed by atoms with Crippen molar-refractivity contribution in [2.75, 3.05) is 7.11 Å². The highest BCUT2D eigenvalue weighted by atomic mass is 35.5. The zero-order valence-corrected chi connectivity index (χ0v) is 12.4. The zero-order valence-electron chi connectivity index (χ0n) is 10.9. The Labute approximate surface area is 127 Å². The third kappa shape index (κ3) is 3.42. The van der Waals surface area contributed by atoms with Crippen LogP contribution in [-0.4, -0.2) is 7.11 Å². The smallest absolute Gasteiger partial charge is 0.131 e. The summed E-state index contributed by atoms with van der Waals surface area (Å²) < 4.78 is 18.9. The Morgan fingerprint density at radius 3 is 2.55 bits per heavy atom. The fourth-order valence-corrected chi connectivity index (χ4v) is 2.46. The van der Waals surface area contributed by atoms with E-state index in [1.807, 2.05) is 0 Å². The molecule has 0 amide bonds. The van der Waals surface area contributed by atoms with E-state index in [9.17, 15) is 4.39 Å². The molecule has 2 N–H and O–H groups in total. The van der Waals surface area contributed by atoms with Gasteiger partial charge in [0.05, 0.1) is 7.11 Å². The van der Waals surface area contributed by atoms with E-state index < -0.39 is 6.04 Å². The van der Waals surface area contributed by atoms with Crippen LogP contribution in [0.1, 0.15) is 17.2 Å². The van der Waals surface area contributed by atoms with Crippen LogP contribution >= 0.6 is 23.2 Å². The third-order valence-corrected chi connectivity index (χ3v) is 3.65. The first kappa shape index (κ1) is 15.1. The van der Waals surface area contributed by atoms with Gasteiger partial charge < -0.3 is 10.5 Å². The number of rotatable bonds is 4. The number of halogens is 3. The second-order valence-corrected chi connectivity index (χ2v) is 5.28. The molecule has 2 nitrogen and oxygen atoms in total. The van der Waals surface area contributed by atoms with E-state index in [2.05, 4.69) is 0 Å². The molecule has 106 valence electrons. The molecule has 2 rings (SSSR count). The molecule has 0 heterocycles. The van der Waals surface area contributed by atoms with Crippen molar-refractivity contribution in [1.82, 2.24) is 0 Å². The Balaban J connectivity index is 2.21. The maximum atomic E-state index is 13.9. The molecule has 0 fully saturated rings. The predicted molar refractivity (Wildman–Crippen MR) is 80.0 cm³/mol. The molecule has 20 heavy (non-hydrogen) atoms. The van der Waals surface area contributed by atoms with E-state index >= 15 is 0 Å². The van der Waals surface area contributed by atoms with Crippen molar-refractivity contribution in [1.29, 1.82) is 0 Å². The van der Waals surface area contributed by atoms with Crippen LogP contribution in [0.4, 0.5) is 4.39 Å². The first-order valence-corrected chi connectivity index (χ1v) is 6.80. The van der Waals surface area contributed by atoms with E-state index in [0.717, 1.165) is 5.56 Å². The summed E-state index contributed by atoms with van der Waals surface area (Å²) >= 11 is 11.9. The van der Waals surface area contributed by atoms with Crippen LogP contribution in [0.5, 0.6) is 5.75 Å². The molecule has 0 saturated heterocycles. The van der Waals surface area contributed by atoms with Gasteiger partial charge in [-0.1, -0.05) is 35.3 Å². The fourth-order valence-electron chi connectivity index (χ4n) is 1.97. The maximum Gasteiger partial charge on any atom is 0.131 e. The summed E-state index contributed by atoms with van der Waals surface area (Å²) in [6.45, 7) is 0. The van der Waals surface area contributed by atoms with Crippen LogP contribution in [0.15, 0.2) is 36.4 Å². The van der Waals surface area contributed by atoms with Crippen molar-refractivity contribution in [3.8, 4) is 5.75 Å². The lowest BCUT2D eigenvalue weighted by molar-refractivity contribution is 0.410. The maximum absolute atomic E-state index is 13.9. The van der Waals surface area contributed by atoms with Gasteiger partial charge >= 0.3 is 0 Å². The Bertz CT molecular complexity index is 619. The van der Waals surface area contributed by atoms with Crippen LogP contribution in [-0.2, 0) is 6.42 Å². The lowest BCUT2D eigenvalue weighted by atomic mass is 9.99. The Morgan fingerprint density at radius 2 is 1.95 bits per heavy atom. The number of nitrogens with two attached hydrogens (primary N) is 1. The average molecular weight is 314 g/mol. The highest BCUT2D eigenvalue weighted by Gasteiger charge is 2.14. The summed E-state index contributed by atoms with van der Waals surface area (Å²) in [4.78, 5) is 0. The third-order valence-electron chi connectivity index (χ3n) is 3.06. The summed E-state index contributed by atoms with van der Waals surface area (Å²) in [7, 11) is 1.49. The molecule has 0 aliphatic rings. The van der Waals surface area contributed by atoms with Gasteiger partial charge in [-0.25, -0.2) is 4.39 Å². The molecule has 2 aromatic rings. The van der Waals surface area contributed by atoms with E-state index in [1.54, 1.807) is 30.3 Å². The second kappa shape index (κ2) is 6.44. The molecule has 0 bridgehead atoms. The number of methoxy groups -OCH3 is 1. The Hall–Kier alpha value is -1.29. The summed E-state index contributed by atoms with van der Waals surface area (Å²) in [5.74, 6) is 0.0740. The van der Waals surface area contributed by atoms with E-state index in [4.69, 9.17) is 33.7 Å². The normalized spacial score (nSPS) is 12.2. The standard InChI is InChI=1S/C15H14Cl2FNO/c1-20-11-4-5-12(14(18)8-11)15(19)6-9-2-3-10(16)7-13(9)17/h2-5,7-8,15H,6,19H2,1H3. The van der Waals surface area contributed by atoms with Gasteiger partial charge in [-0.3, -0.25) is 0 Å². The van der Waals surface area contributed by atoms with Crippen molar-refractivity contribution in [3.05, 3.63) is 63.4 Å². The van der Waals surface area contributed by atoms with Crippen LogP contribution in [0.2, 0.25) is 10.0 Å². The number of hydrogen-bond acceptors (Lipinski definition) is 2. The minimum Gasteiger partial charge on any atom is -0.497 e. The molecule has 1 unspecified atom stereocenters. The molecule has 0 aliphatic heterocycles. The molecule has 5 heteroatoms. The van der Waals surface area contributed by atoms with Crippen LogP contribution in [0, 0.1) is 5.82 Å². The predicted octanol–water partition coefficient (Wildman–Crippen LogP) is 4.38. The largest absolute Gasteiger partial charge is 0.497 e. The van der Waals surface area contributed by atoms with Gasteiger partial charge in [0.1, 0.15) is 11.6 Å². The molecular weight excluding hydrogens is 300 g/mol. The van der Waals surface area contributed by atoms with Crippen molar-refractivity contribution in [3.63, 3.8) is 0 Å². The van der Waals surface area contributed by atoms with E-state index in [-0.39, 0.29) is 5.82 Å². The van der Waals surface area contributed by atoms with Crippen LogP contribution < -0.4 is 10.5 Å². The van der Waals surface area contributed by atoms with E-state index in [0.29, 0.717) is 27.8 Å². The lowest BCUT2D eigenvalue weighted by Crippen LogP contribution is -2.15. The summed E-state index contributed by atoms with van der Waals surface area (Å²) in [5, 5.41) is 1.09. The van der Waals surface area contributed by atoms with Crippen molar-refractivity contribution in [2.24, 2.45) is 5.73 Å². The van der Waals surface area contributed by atoms with Crippen molar-refractivity contribution >= 4 is 23.2 Å². The van der Waals surface area contributed by atoms with Gasteiger partial charge in [0.15, 0.2) is 0 Å².